The predicted octanol–water partition coefficient (Wildman–Crippen LogP) is 6.17. The summed E-state index contributed by atoms with van der Waals surface area (Å²) in [5, 5.41) is 5.27. The van der Waals surface area contributed by atoms with E-state index in [1.807, 2.05) is 0 Å². The zero-order valence-corrected chi connectivity index (χ0v) is 29.2. The summed E-state index contributed by atoms with van der Waals surface area (Å²) < 4.78 is 10.5. The van der Waals surface area contributed by atoms with E-state index in [0.29, 0.717) is 25.8 Å². The lowest BCUT2D eigenvalue weighted by atomic mass is 10.0. The first kappa shape index (κ1) is 43.1. The van der Waals surface area contributed by atoms with Gasteiger partial charge in [0, 0.05) is 25.7 Å². The summed E-state index contributed by atoms with van der Waals surface area (Å²) in [4.78, 5) is 63.0. The fourth-order valence-corrected chi connectivity index (χ4v) is 4.88. The molecular formula is C36H63N3O7. The highest BCUT2D eigenvalue weighted by Crippen LogP contribution is 2.15. The predicted molar refractivity (Wildman–Crippen MR) is 181 cm³/mol. The van der Waals surface area contributed by atoms with Crippen LogP contribution in [0, 0.1) is 12.3 Å². The van der Waals surface area contributed by atoms with Crippen molar-refractivity contribution in [1.29, 1.82) is 0 Å². The van der Waals surface area contributed by atoms with Crippen molar-refractivity contribution in [2.24, 2.45) is 5.73 Å². The summed E-state index contributed by atoms with van der Waals surface area (Å²) in [6, 6.07) is -2.09. The SMILES string of the molecule is C#CCCC(=O)N[C@@H](CCCCN)C(=O)OC(=O)CC[C@H](NC(=O)CCCCCCCCCCCCCCC)C(=O)OC(C)(C)C. The third kappa shape index (κ3) is 25.3. The highest BCUT2D eigenvalue weighted by atomic mass is 16.6. The number of terminal acetylenes is 1. The fourth-order valence-electron chi connectivity index (χ4n) is 4.88. The van der Waals surface area contributed by atoms with Gasteiger partial charge in [0.25, 0.3) is 0 Å². The number of hydrogen-bond acceptors (Lipinski definition) is 8. The van der Waals surface area contributed by atoms with Gasteiger partial charge >= 0.3 is 17.9 Å². The van der Waals surface area contributed by atoms with Crippen LogP contribution < -0.4 is 16.4 Å². The molecule has 0 unspecified atom stereocenters. The number of hydrogen-bond donors (Lipinski definition) is 3. The van der Waals surface area contributed by atoms with Crippen LogP contribution in [0.25, 0.3) is 0 Å². The standard InChI is InChI=1S/C36H63N3O7/c1-6-8-10-11-12-13-14-15-16-17-18-19-20-25-32(41)39-30(35(44)46-36(3,4)5)26-27-33(42)45-34(43)29(23-21-22-28-37)38-31(40)24-9-7-2/h2,29-30H,6,8-28,37H2,1,3-5H3,(H,38,40)(H,39,41)/t29-,30-/m0/s1. The van der Waals surface area contributed by atoms with Crippen molar-refractivity contribution in [2.75, 3.05) is 6.54 Å². The average molecular weight is 650 g/mol. The molecule has 0 radical (unpaired) electrons. The molecule has 10 heteroatoms. The van der Waals surface area contributed by atoms with Crippen LogP contribution in [-0.2, 0) is 33.4 Å². The smallest absolute Gasteiger partial charge is 0.336 e. The number of unbranched alkanes of at least 4 members (excludes halogenated alkanes) is 13. The van der Waals surface area contributed by atoms with E-state index in [0.717, 1.165) is 19.3 Å². The van der Waals surface area contributed by atoms with Gasteiger partial charge in [-0.05, 0) is 59.4 Å². The molecule has 0 bridgehead atoms. The second kappa shape index (κ2) is 27.2. The molecule has 10 nitrogen and oxygen atoms in total. The van der Waals surface area contributed by atoms with Crippen molar-refractivity contribution in [3.05, 3.63) is 0 Å². The van der Waals surface area contributed by atoms with Crippen molar-refractivity contribution in [2.45, 2.75) is 180 Å². The van der Waals surface area contributed by atoms with Gasteiger partial charge in [-0.2, -0.15) is 0 Å². The average Bonchev–Trinajstić information content (AvgIpc) is 2.99. The highest BCUT2D eigenvalue weighted by Gasteiger charge is 2.29. The summed E-state index contributed by atoms with van der Waals surface area (Å²) in [6.07, 6.45) is 22.4. The molecule has 0 saturated heterocycles. The number of nitrogens with two attached hydrogens (primary N) is 1. The summed E-state index contributed by atoms with van der Waals surface area (Å²) in [6.45, 7) is 7.80. The van der Waals surface area contributed by atoms with E-state index in [1.165, 1.54) is 57.8 Å². The molecule has 0 aromatic carbocycles. The number of rotatable bonds is 27. The second-order valence-corrected chi connectivity index (χ2v) is 13.1. The Hall–Kier alpha value is -2.93. The van der Waals surface area contributed by atoms with Gasteiger partial charge in [-0.3, -0.25) is 14.4 Å². The third-order valence-electron chi connectivity index (χ3n) is 7.45. The van der Waals surface area contributed by atoms with E-state index < -0.39 is 41.5 Å². The second-order valence-electron chi connectivity index (χ2n) is 13.1. The van der Waals surface area contributed by atoms with Gasteiger partial charge in [-0.1, -0.05) is 84.0 Å². The van der Waals surface area contributed by atoms with Crippen molar-refractivity contribution in [3.8, 4) is 12.3 Å². The monoisotopic (exact) mass is 649 g/mol. The molecule has 0 aliphatic carbocycles. The van der Waals surface area contributed by atoms with Gasteiger partial charge in [-0.15, -0.1) is 12.3 Å². The minimum Gasteiger partial charge on any atom is -0.458 e. The van der Waals surface area contributed by atoms with Gasteiger partial charge in [0.05, 0.1) is 0 Å². The van der Waals surface area contributed by atoms with Gasteiger partial charge in [0.15, 0.2) is 0 Å². The van der Waals surface area contributed by atoms with Gasteiger partial charge < -0.3 is 25.8 Å². The molecule has 0 aliphatic heterocycles. The van der Waals surface area contributed by atoms with Crippen LogP contribution in [0.5, 0.6) is 0 Å². The zero-order valence-electron chi connectivity index (χ0n) is 29.2. The first-order chi connectivity index (χ1) is 21.9. The lowest BCUT2D eigenvalue weighted by Crippen LogP contribution is -2.45. The van der Waals surface area contributed by atoms with Crippen LogP contribution in [0.2, 0.25) is 0 Å². The number of amides is 2. The van der Waals surface area contributed by atoms with Crippen molar-refractivity contribution in [1.82, 2.24) is 10.6 Å². The largest absolute Gasteiger partial charge is 0.458 e. The Morgan fingerprint density at radius 1 is 0.674 bits per heavy atom. The zero-order chi connectivity index (χ0) is 34.6. The van der Waals surface area contributed by atoms with Gasteiger partial charge in [0.2, 0.25) is 11.8 Å². The summed E-state index contributed by atoms with van der Waals surface area (Å²) >= 11 is 0. The number of carbonyl (C=O) groups excluding carboxylic acids is 5. The fraction of sp³-hybridized carbons (Fsp3) is 0.806. The lowest BCUT2D eigenvalue weighted by molar-refractivity contribution is -0.162. The Morgan fingerprint density at radius 3 is 1.67 bits per heavy atom. The van der Waals surface area contributed by atoms with Crippen LogP contribution in [0.3, 0.4) is 0 Å². The Morgan fingerprint density at radius 2 is 1.17 bits per heavy atom. The molecule has 0 spiro atoms. The molecule has 0 rings (SSSR count). The van der Waals surface area contributed by atoms with Crippen LogP contribution in [0.15, 0.2) is 0 Å². The normalized spacial score (nSPS) is 12.4. The molecule has 0 fully saturated rings. The Balaban J connectivity index is 4.74. The van der Waals surface area contributed by atoms with E-state index in [2.05, 4.69) is 23.5 Å². The number of carbonyl (C=O) groups is 5. The van der Waals surface area contributed by atoms with Crippen LogP contribution in [-0.4, -0.2) is 54.0 Å². The van der Waals surface area contributed by atoms with Crippen LogP contribution in [0.4, 0.5) is 0 Å². The highest BCUT2D eigenvalue weighted by molar-refractivity contribution is 5.91. The van der Waals surface area contributed by atoms with E-state index in [9.17, 15) is 24.0 Å². The minimum atomic E-state index is -1.07. The molecule has 0 saturated carbocycles. The molecule has 0 aromatic heterocycles. The van der Waals surface area contributed by atoms with Crippen molar-refractivity contribution >= 4 is 29.7 Å². The summed E-state index contributed by atoms with van der Waals surface area (Å²) in [7, 11) is 0. The lowest BCUT2D eigenvalue weighted by Gasteiger charge is -2.24. The van der Waals surface area contributed by atoms with Gasteiger partial charge in [0.1, 0.15) is 17.7 Å². The molecule has 0 heterocycles. The van der Waals surface area contributed by atoms with Gasteiger partial charge in [-0.25, -0.2) is 9.59 Å². The topological polar surface area (TPSA) is 154 Å². The Labute approximate surface area is 278 Å². The summed E-state index contributed by atoms with van der Waals surface area (Å²) in [5.41, 5.74) is 4.74. The maximum atomic E-state index is 12.9. The van der Waals surface area contributed by atoms with E-state index >= 15 is 0 Å². The molecule has 0 aromatic rings. The first-order valence-corrected chi connectivity index (χ1v) is 17.6. The molecular weight excluding hydrogens is 586 g/mol. The van der Waals surface area contributed by atoms with Crippen molar-refractivity contribution in [3.63, 3.8) is 0 Å². The van der Waals surface area contributed by atoms with Crippen LogP contribution >= 0.6 is 0 Å². The number of nitrogens with one attached hydrogen (secondary N) is 2. The molecule has 2 atom stereocenters. The molecule has 46 heavy (non-hydrogen) atoms. The molecule has 0 aliphatic rings. The molecule has 4 N–H and O–H groups in total. The van der Waals surface area contributed by atoms with E-state index in [-0.39, 0.29) is 44.4 Å². The van der Waals surface area contributed by atoms with Crippen LogP contribution in [0.1, 0.15) is 163 Å². The summed E-state index contributed by atoms with van der Waals surface area (Å²) in [5.74, 6) is -0.770. The van der Waals surface area contributed by atoms with Crippen molar-refractivity contribution < 1.29 is 33.4 Å². The van der Waals surface area contributed by atoms with E-state index in [1.54, 1.807) is 20.8 Å². The molecule has 2 amide bonds. The molecule has 264 valence electrons. The third-order valence-corrected chi connectivity index (χ3v) is 7.45. The maximum absolute atomic E-state index is 12.9. The number of esters is 3. The minimum absolute atomic E-state index is 0.0433. The quantitative estimate of drug-likeness (QED) is 0.0413. The maximum Gasteiger partial charge on any atom is 0.336 e. The Kier molecular flexibility index (Phi) is 25.5. The number of ether oxygens (including phenoxy) is 2. The Bertz CT molecular complexity index is 924. The first-order valence-electron chi connectivity index (χ1n) is 17.6. The van der Waals surface area contributed by atoms with E-state index in [4.69, 9.17) is 21.6 Å².